The summed E-state index contributed by atoms with van der Waals surface area (Å²) in [7, 11) is 0. The summed E-state index contributed by atoms with van der Waals surface area (Å²) in [6, 6.07) is 8.33. The van der Waals surface area contributed by atoms with Gasteiger partial charge in [-0.3, -0.25) is 10.1 Å². The lowest BCUT2D eigenvalue weighted by Gasteiger charge is -2.08. The highest BCUT2D eigenvalue weighted by Gasteiger charge is 2.08. The lowest BCUT2D eigenvalue weighted by molar-refractivity contribution is -0.384. The predicted molar refractivity (Wildman–Crippen MR) is 82.3 cm³/mol. The molecule has 0 unspecified atom stereocenters. The number of hydrogen-bond donors (Lipinski definition) is 1. The van der Waals surface area contributed by atoms with E-state index in [9.17, 15) is 10.1 Å². The number of ether oxygens (including phenoxy) is 1. The molecule has 1 aromatic heterocycles. The number of anilines is 1. The summed E-state index contributed by atoms with van der Waals surface area (Å²) >= 11 is 3.31. The Morgan fingerprint density at radius 1 is 1.38 bits per heavy atom. The molecule has 0 fully saturated rings. The van der Waals surface area contributed by atoms with Gasteiger partial charge >= 0.3 is 0 Å². The van der Waals surface area contributed by atoms with Crippen LogP contribution in [0.2, 0.25) is 0 Å². The number of nitrogens with one attached hydrogen (secondary N) is 1. The van der Waals surface area contributed by atoms with E-state index in [1.807, 2.05) is 12.1 Å². The van der Waals surface area contributed by atoms with E-state index >= 15 is 0 Å². The van der Waals surface area contributed by atoms with Gasteiger partial charge in [0.15, 0.2) is 0 Å². The Morgan fingerprint density at radius 3 is 2.90 bits per heavy atom. The third-order valence-corrected chi connectivity index (χ3v) is 3.42. The number of non-ortho nitro benzene ring substituents is 1. The molecule has 0 saturated carbocycles. The Labute approximate surface area is 130 Å². The van der Waals surface area contributed by atoms with Crippen molar-refractivity contribution in [3.05, 3.63) is 56.9 Å². The molecule has 1 heterocycles. The van der Waals surface area contributed by atoms with Crippen LogP contribution in [0.25, 0.3) is 0 Å². The molecule has 112 valence electrons. The minimum absolute atomic E-state index is 0.0641. The lowest BCUT2D eigenvalue weighted by atomic mass is 10.3. The van der Waals surface area contributed by atoms with Crippen LogP contribution < -0.4 is 5.32 Å². The maximum absolute atomic E-state index is 10.6. The molecule has 6 nitrogen and oxygen atoms in total. The molecule has 7 heteroatoms. The van der Waals surface area contributed by atoms with Crippen molar-refractivity contribution in [3.8, 4) is 0 Å². The summed E-state index contributed by atoms with van der Waals surface area (Å²) < 4.78 is 11.3. The fourth-order valence-electron chi connectivity index (χ4n) is 1.73. The first-order valence-corrected chi connectivity index (χ1v) is 7.24. The normalized spacial score (nSPS) is 10.5. The molecule has 0 saturated heterocycles. The Balaban J connectivity index is 1.67. The quantitative estimate of drug-likeness (QED) is 0.440. The highest BCUT2D eigenvalue weighted by molar-refractivity contribution is 9.10. The summed E-state index contributed by atoms with van der Waals surface area (Å²) in [5.74, 6) is 0.807. The molecule has 0 aliphatic rings. The minimum atomic E-state index is -0.420. The molecule has 0 radical (unpaired) electrons. The maximum atomic E-state index is 10.6. The molecule has 0 aliphatic carbocycles. The van der Waals surface area contributed by atoms with Crippen LogP contribution in [0, 0.1) is 10.1 Å². The van der Waals surface area contributed by atoms with Crippen LogP contribution in [0.4, 0.5) is 11.4 Å². The van der Waals surface area contributed by atoms with Gasteiger partial charge in [0.25, 0.3) is 5.69 Å². The van der Waals surface area contributed by atoms with Crippen LogP contribution in [-0.2, 0) is 11.3 Å². The van der Waals surface area contributed by atoms with Crippen molar-refractivity contribution in [2.75, 3.05) is 18.5 Å². The van der Waals surface area contributed by atoms with Gasteiger partial charge < -0.3 is 14.5 Å². The van der Waals surface area contributed by atoms with E-state index < -0.39 is 4.92 Å². The summed E-state index contributed by atoms with van der Waals surface area (Å²) in [5, 5.41) is 13.8. The molecule has 21 heavy (non-hydrogen) atoms. The monoisotopic (exact) mass is 354 g/mol. The number of nitro benzene ring substituents is 1. The van der Waals surface area contributed by atoms with Gasteiger partial charge in [-0.2, -0.15) is 0 Å². The third-order valence-electron chi connectivity index (χ3n) is 2.77. The van der Waals surface area contributed by atoms with Gasteiger partial charge in [0.1, 0.15) is 12.4 Å². The van der Waals surface area contributed by atoms with E-state index in [0.717, 1.165) is 17.9 Å². The van der Waals surface area contributed by atoms with E-state index in [0.29, 0.717) is 24.2 Å². The van der Waals surface area contributed by atoms with Crippen LogP contribution in [0.15, 0.2) is 45.5 Å². The smallest absolute Gasteiger partial charge is 0.270 e. The van der Waals surface area contributed by atoms with E-state index in [4.69, 9.17) is 9.15 Å². The van der Waals surface area contributed by atoms with Crippen molar-refractivity contribution >= 4 is 27.3 Å². The molecule has 1 aromatic carbocycles. The molecule has 0 amide bonds. The topological polar surface area (TPSA) is 77.5 Å². The van der Waals surface area contributed by atoms with Crippen molar-refractivity contribution in [1.82, 2.24) is 0 Å². The number of nitro groups is 1. The van der Waals surface area contributed by atoms with Crippen molar-refractivity contribution in [2.24, 2.45) is 0 Å². The van der Waals surface area contributed by atoms with Gasteiger partial charge in [-0.05, 0) is 40.5 Å². The number of furan rings is 1. The first-order valence-electron chi connectivity index (χ1n) is 6.45. The average molecular weight is 355 g/mol. The zero-order valence-electron chi connectivity index (χ0n) is 11.3. The fraction of sp³-hybridized carbons (Fsp3) is 0.286. The number of hydrogen-bond acceptors (Lipinski definition) is 5. The van der Waals surface area contributed by atoms with Gasteiger partial charge in [-0.25, -0.2) is 0 Å². The highest BCUT2D eigenvalue weighted by atomic mass is 79.9. The van der Waals surface area contributed by atoms with E-state index in [1.165, 1.54) is 12.1 Å². The first-order chi connectivity index (χ1) is 10.2. The van der Waals surface area contributed by atoms with Crippen LogP contribution in [0.3, 0.4) is 0 Å². The van der Waals surface area contributed by atoms with Crippen molar-refractivity contribution in [2.45, 2.75) is 13.0 Å². The Hall–Kier alpha value is -1.86. The highest BCUT2D eigenvalue weighted by Crippen LogP contribution is 2.26. The fourth-order valence-corrected chi connectivity index (χ4v) is 2.23. The zero-order valence-corrected chi connectivity index (χ0v) is 12.8. The molecular formula is C14H15BrN2O4. The van der Waals surface area contributed by atoms with Crippen LogP contribution >= 0.6 is 15.9 Å². The second-order valence-electron chi connectivity index (χ2n) is 4.33. The summed E-state index contributed by atoms with van der Waals surface area (Å²) in [6.45, 7) is 1.79. The number of nitrogens with zero attached hydrogens (tertiary/aromatic N) is 1. The largest absolute Gasteiger partial charge is 0.467 e. The van der Waals surface area contributed by atoms with Crippen molar-refractivity contribution < 1.29 is 14.1 Å². The standard InChI is InChI=1S/C14H15BrN2O4/c15-13-9-11(17(18)19)4-5-14(13)16-6-2-7-20-10-12-3-1-8-21-12/h1,3-5,8-9,16H,2,6-7,10H2. The Morgan fingerprint density at radius 2 is 2.24 bits per heavy atom. The molecular weight excluding hydrogens is 340 g/mol. The Kier molecular flexibility index (Phi) is 5.77. The summed E-state index contributed by atoms with van der Waals surface area (Å²) in [5.41, 5.74) is 0.890. The van der Waals surface area contributed by atoms with Crippen LogP contribution in [0.5, 0.6) is 0 Å². The average Bonchev–Trinajstić information content (AvgIpc) is 2.97. The summed E-state index contributed by atoms with van der Waals surface area (Å²) in [6.07, 6.45) is 2.44. The molecule has 0 aliphatic heterocycles. The molecule has 0 spiro atoms. The van der Waals surface area contributed by atoms with Gasteiger partial charge in [-0.15, -0.1) is 0 Å². The molecule has 0 atom stereocenters. The number of halogens is 1. The molecule has 2 rings (SSSR count). The second kappa shape index (κ2) is 7.80. The van der Waals surface area contributed by atoms with Crippen LogP contribution in [0.1, 0.15) is 12.2 Å². The van der Waals surface area contributed by atoms with Gasteiger partial charge in [0.05, 0.1) is 11.2 Å². The minimum Gasteiger partial charge on any atom is -0.467 e. The Bertz CT molecular complexity index is 587. The van der Waals surface area contributed by atoms with Gasteiger partial charge in [0, 0.05) is 35.4 Å². The summed E-state index contributed by atoms with van der Waals surface area (Å²) in [4.78, 5) is 10.2. The van der Waals surface area contributed by atoms with E-state index in [2.05, 4.69) is 21.2 Å². The lowest BCUT2D eigenvalue weighted by Crippen LogP contribution is -2.06. The third kappa shape index (κ3) is 4.87. The van der Waals surface area contributed by atoms with Crippen molar-refractivity contribution in [3.63, 3.8) is 0 Å². The van der Waals surface area contributed by atoms with Gasteiger partial charge in [0.2, 0.25) is 0 Å². The van der Waals surface area contributed by atoms with Crippen molar-refractivity contribution in [1.29, 1.82) is 0 Å². The molecule has 0 bridgehead atoms. The SMILES string of the molecule is O=[N+]([O-])c1ccc(NCCCOCc2ccco2)c(Br)c1. The first kappa shape index (κ1) is 15.5. The van der Waals surface area contributed by atoms with Crippen LogP contribution in [-0.4, -0.2) is 18.1 Å². The molecule has 2 aromatic rings. The second-order valence-corrected chi connectivity index (χ2v) is 5.19. The van der Waals surface area contributed by atoms with E-state index in [1.54, 1.807) is 12.3 Å². The van der Waals surface area contributed by atoms with Gasteiger partial charge in [-0.1, -0.05) is 0 Å². The predicted octanol–water partition coefficient (Wildman–Crippen LogP) is 3.97. The maximum Gasteiger partial charge on any atom is 0.270 e. The number of benzene rings is 1. The molecule has 1 N–H and O–H groups in total. The number of rotatable bonds is 8. The zero-order chi connectivity index (χ0) is 15.1. The van der Waals surface area contributed by atoms with E-state index in [-0.39, 0.29) is 5.69 Å².